The van der Waals surface area contributed by atoms with Gasteiger partial charge in [-0.3, -0.25) is 0 Å². The van der Waals surface area contributed by atoms with Gasteiger partial charge in [0.1, 0.15) is 0 Å². The molecule has 3 aromatic rings. The highest BCUT2D eigenvalue weighted by molar-refractivity contribution is 7.99. The third kappa shape index (κ3) is 3.56. The molecule has 0 aliphatic heterocycles. The first-order chi connectivity index (χ1) is 12.2. The molecular weight excluding hydrogens is 350 g/mol. The number of aromatic nitrogens is 1. The Morgan fingerprint density at radius 1 is 1.24 bits per heavy atom. The number of fused-ring (bicyclic) bond motifs is 1. The fourth-order valence-corrected chi connectivity index (χ4v) is 3.59. The average molecular weight is 364 g/mol. The lowest BCUT2D eigenvalue weighted by Gasteiger charge is -2.06. The van der Waals surface area contributed by atoms with Crippen LogP contribution in [-0.4, -0.2) is 10.7 Å². The van der Waals surface area contributed by atoms with E-state index in [1.807, 2.05) is 42.6 Å². The van der Waals surface area contributed by atoms with Gasteiger partial charge in [-0.25, -0.2) is 0 Å². The number of nitrogens with one attached hydrogen (secondary N) is 1. The normalized spacial score (nSPS) is 11.3. The van der Waals surface area contributed by atoms with Gasteiger partial charge < -0.3 is 4.98 Å². The Hall–Kier alpha value is -2.66. The SMILES string of the molecule is CCSc1ccc(C#N)cc1C=C(C#N)c1c[nH]c2ccc(Cl)cc12. The highest BCUT2D eigenvalue weighted by Crippen LogP contribution is 2.31. The van der Waals surface area contributed by atoms with Crippen molar-refractivity contribution in [2.75, 3.05) is 5.75 Å². The summed E-state index contributed by atoms with van der Waals surface area (Å²) >= 11 is 7.79. The molecule has 3 nitrogen and oxygen atoms in total. The molecule has 0 bridgehead atoms. The zero-order valence-electron chi connectivity index (χ0n) is 13.5. The van der Waals surface area contributed by atoms with E-state index in [-0.39, 0.29) is 0 Å². The number of nitriles is 2. The van der Waals surface area contributed by atoms with Crippen LogP contribution in [0.5, 0.6) is 0 Å². The number of allylic oxidation sites excluding steroid dienone is 1. The monoisotopic (exact) mass is 363 g/mol. The van der Waals surface area contributed by atoms with Gasteiger partial charge in [-0.05, 0) is 53.8 Å². The molecule has 0 spiro atoms. The van der Waals surface area contributed by atoms with Crippen molar-refractivity contribution in [3.05, 3.63) is 64.3 Å². The highest BCUT2D eigenvalue weighted by Gasteiger charge is 2.11. The number of hydrogen-bond donors (Lipinski definition) is 1. The van der Waals surface area contributed by atoms with Gasteiger partial charge in [0.2, 0.25) is 0 Å². The predicted molar refractivity (Wildman–Crippen MR) is 104 cm³/mol. The molecule has 0 saturated carbocycles. The first-order valence-electron chi connectivity index (χ1n) is 7.72. The topological polar surface area (TPSA) is 63.4 Å². The zero-order valence-corrected chi connectivity index (χ0v) is 15.1. The molecule has 122 valence electrons. The second-order valence-electron chi connectivity index (χ2n) is 5.36. The van der Waals surface area contributed by atoms with Crippen molar-refractivity contribution in [2.24, 2.45) is 0 Å². The fourth-order valence-electron chi connectivity index (χ4n) is 2.66. The molecule has 0 fully saturated rings. The van der Waals surface area contributed by atoms with Gasteiger partial charge in [0.25, 0.3) is 0 Å². The Kier molecular flexibility index (Phi) is 5.14. The number of thioether (sulfide) groups is 1. The molecule has 0 saturated heterocycles. The Bertz CT molecular complexity index is 1050. The number of aromatic amines is 1. The summed E-state index contributed by atoms with van der Waals surface area (Å²) in [4.78, 5) is 4.22. The van der Waals surface area contributed by atoms with Crippen LogP contribution in [0.4, 0.5) is 0 Å². The zero-order chi connectivity index (χ0) is 17.8. The summed E-state index contributed by atoms with van der Waals surface area (Å²) in [6.07, 6.45) is 3.65. The third-order valence-corrected chi connectivity index (χ3v) is 5.00. The van der Waals surface area contributed by atoms with E-state index in [0.29, 0.717) is 16.2 Å². The van der Waals surface area contributed by atoms with E-state index < -0.39 is 0 Å². The first-order valence-corrected chi connectivity index (χ1v) is 9.08. The predicted octanol–water partition coefficient (Wildman–Crippen LogP) is 5.87. The van der Waals surface area contributed by atoms with Crippen LogP contribution >= 0.6 is 23.4 Å². The van der Waals surface area contributed by atoms with E-state index in [9.17, 15) is 5.26 Å². The van der Waals surface area contributed by atoms with E-state index in [1.165, 1.54) is 0 Å². The first kappa shape index (κ1) is 17.2. The van der Waals surface area contributed by atoms with Gasteiger partial charge in [0.15, 0.2) is 0 Å². The molecule has 0 radical (unpaired) electrons. The van der Waals surface area contributed by atoms with E-state index in [1.54, 1.807) is 17.8 Å². The van der Waals surface area contributed by atoms with Gasteiger partial charge in [-0.15, -0.1) is 11.8 Å². The van der Waals surface area contributed by atoms with Gasteiger partial charge in [0, 0.05) is 32.6 Å². The molecule has 1 N–H and O–H groups in total. The minimum atomic E-state index is 0.529. The van der Waals surface area contributed by atoms with Crippen LogP contribution < -0.4 is 0 Å². The van der Waals surface area contributed by atoms with Crippen LogP contribution in [0, 0.1) is 22.7 Å². The molecule has 2 aromatic carbocycles. The van der Waals surface area contributed by atoms with Crippen LogP contribution in [-0.2, 0) is 0 Å². The van der Waals surface area contributed by atoms with E-state index >= 15 is 0 Å². The molecule has 0 atom stereocenters. The van der Waals surface area contributed by atoms with Crippen molar-refractivity contribution in [3.63, 3.8) is 0 Å². The van der Waals surface area contributed by atoms with Crippen molar-refractivity contribution in [1.29, 1.82) is 10.5 Å². The van der Waals surface area contributed by atoms with Crippen molar-refractivity contribution >= 4 is 45.9 Å². The smallest absolute Gasteiger partial charge is 0.0998 e. The third-order valence-electron chi connectivity index (χ3n) is 3.79. The summed E-state index contributed by atoms with van der Waals surface area (Å²) in [6, 6.07) is 15.5. The largest absolute Gasteiger partial charge is 0.361 e. The van der Waals surface area contributed by atoms with Crippen LogP contribution in [0.2, 0.25) is 5.02 Å². The number of nitrogens with zero attached hydrogens (tertiary/aromatic N) is 2. The molecule has 1 heterocycles. The van der Waals surface area contributed by atoms with Crippen LogP contribution in [0.25, 0.3) is 22.6 Å². The Balaban J connectivity index is 2.17. The van der Waals surface area contributed by atoms with Gasteiger partial charge >= 0.3 is 0 Å². The Morgan fingerprint density at radius 3 is 2.80 bits per heavy atom. The second-order valence-corrected chi connectivity index (χ2v) is 7.10. The summed E-state index contributed by atoms with van der Waals surface area (Å²) in [7, 11) is 0. The maximum Gasteiger partial charge on any atom is 0.0998 e. The van der Waals surface area contributed by atoms with E-state index in [4.69, 9.17) is 16.9 Å². The van der Waals surface area contributed by atoms with E-state index in [0.717, 1.165) is 32.7 Å². The molecule has 25 heavy (non-hydrogen) atoms. The Morgan fingerprint density at radius 2 is 2.08 bits per heavy atom. The second kappa shape index (κ2) is 7.49. The minimum Gasteiger partial charge on any atom is -0.361 e. The fraction of sp³-hybridized carbons (Fsp3) is 0.100. The molecule has 1 aromatic heterocycles. The molecule has 3 rings (SSSR count). The Labute approximate surface area is 155 Å². The molecule has 0 unspecified atom stereocenters. The van der Waals surface area contributed by atoms with Crippen LogP contribution in [0.15, 0.2) is 47.5 Å². The maximum absolute atomic E-state index is 9.70. The van der Waals surface area contributed by atoms with Crippen molar-refractivity contribution < 1.29 is 0 Å². The number of rotatable bonds is 4. The highest BCUT2D eigenvalue weighted by atomic mass is 35.5. The van der Waals surface area contributed by atoms with Gasteiger partial charge in [-0.1, -0.05) is 18.5 Å². The van der Waals surface area contributed by atoms with Crippen molar-refractivity contribution in [3.8, 4) is 12.1 Å². The summed E-state index contributed by atoms with van der Waals surface area (Å²) in [5, 5.41) is 20.4. The summed E-state index contributed by atoms with van der Waals surface area (Å²) in [5.74, 6) is 0.914. The van der Waals surface area contributed by atoms with Crippen molar-refractivity contribution in [2.45, 2.75) is 11.8 Å². The lowest BCUT2D eigenvalue weighted by atomic mass is 10.0. The van der Waals surface area contributed by atoms with Crippen LogP contribution in [0.3, 0.4) is 0 Å². The lowest BCUT2D eigenvalue weighted by Crippen LogP contribution is -1.86. The number of benzene rings is 2. The van der Waals surface area contributed by atoms with Crippen LogP contribution in [0.1, 0.15) is 23.6 Å². The maximum atomic E-state index is 9.70. The van der Waals surface area contributed by atoms with Gasteiger partial charge in [-0.2, -0.15) is 10.5 Å². The summed E-state index contributed by atoms with van der Waals surface area (Å²) in [5.41, 5.74) is 3.70. The molecular formula is C20H14ClN3S. The number of halogens is 1. The molecule has 5 heteroatoms. The standard InChI is InChI=1S/C20H14ClN3S/c1-2-25-20-6-3-13(10-22)7-14(20)8-15(11-23)18-12-24-19-5-4-16(21)9-17(18)19/h3-9,12,24H,2H2,1H3. The average Bonchev–Trinajstić information content (AvgIpc) is 3.04. The quantitative estimate of drug-likeness (QED) is 0.465. The van der Waals surface area contributed by atoms with Crippen molar-refractivity contribution in [1.82, 2.24) is 4.98 Å². The molecule has 0 amide bonds. The number of hydrogen-bond acceptors (Lipinski definition) is 3. The molecule has 0 aliphatic carbocycles. The minimum absolute atomic E-state index is 0.529. The number of H-pyrrole nitrogens is 1. The lowest BCUT2D eigenvalue weighted by molar-refractivity contribution is 1.37. The summed E-state index contributed by atoms with van der Waals surface area (Å²) < 4.78 is 0. The van der Waals surface area contributed by atoms with E-state index in [2.05, 4.69) is 24.0 Å². The summed E-state index contributed by atoms with van der Waals surface area (Å²) in [6.45, 7) is 2.07. The molecule has 0 aliphatic rings. The van der Waals surface area contributed by atoms with Gasteiger partial charge in [0.05, 0.1) is 23.3 Å².